The van der Waals surface area contributed by atoms with Gasteiger partial charge < -0.3 is 10.2 Å². The number of hydrogen-bond acceptors (Lipinski definition) is 3. The van der Waals surface area contributed by atoms with Crippen molar-refractivity contribution >= 4 is 16.1 Å². The predicted molar refractivity (Wildman–Crippen MR) is 86.1 cm³/mol. The van der Waals surface area contributed by atoms with Crippen LogP contribution in [0, 0.1) is 5.82 Å². The van der Waals surface area contributed by atoms with Crippen molar-refractivity contribution in [3.05, 3.63) is 35.6 Å². The summed E-state index contributed by atoms with van der Waals surface area (Å²) in [5.74, 6) is -0.280. The van der Waals surface area contributed by atoms with E-state index < -0.39 is 10.0 Å². The molecule has 0 atom stereocenters. The first-order valence-corrected chi connectivity index (χ1v) is 9.43. The van der Waals surface area contributed by atoms with E-state index in [2.05, 4.69) is 5.32 Å². The van der Waals surface area contributed by atoms with Gasteiger partial charge in [-0.25, -0.2) is 21.9 Å². The molecule has 1 aromatic carbocycles. The van der Waals surface area contributed by atoms with E-state index in [0.717, 1.165) is 5.56 Å². The van der Waals surface area contributed by atoms with Gasteiger partial charge in [-0.15, -0.1) is 0 Å². The van der Waals surface area contributed by atoms with E-state index in [-0.39, 0.29) is 11.8 Å². The number of carbonyl (C=O) groups is 1. The number of rotatable bonds is 4. The van der Waals surface area contributed by atoms with E-state index in [1.807, 2.05) is 0 Å². The van der Waals surface area contributed by atoms with Crippen LogP contribution in [0.2, 0.25) is 0 Å². The molecule has 23 heavy (non-hydrogen) atoms. The molecule has 0 saturated carbocycles. The van der Waals surface area contributed by atoms with Crippen LogP contribution in [0.5, 0.6) is 0 Å². The molecule has 1 aromatic rings. The zero-order chi connectivity index (χ0) is 16.9. The van der Waals surface area contributed by atoms with Crippen LogP contribution in [-0.4, -0.2) is 62.6 Å². The normalized spacial score (nSPS) is 16.9. The summed E-state index contributed by atoms with van der Waals surface area (Å²) in [5, 5.41) is 2.82. The van der Waals surface area contributed by atoms with E-state index in [1.54, 1.807) is 17.0 Å². The maximum atomic E-state index is 12.8. The molecular formula is C15H22FN3O3S. The Morgan fingerprint density at radius 3 is 2.52 bits per heavy atom. The summed E-state index contributed by atoms with van der Waals surface area (Å²) >= 11 is 0. The third-order valence-electron chi connectivity index (χ3n) is 3.81. The van der Waals surface area contributed by atoms with Crippen LogP contribution in [0.25, 0.3) is 0 Å². The molecule has 0 aliphatic carbocycles. The number of hydrogen-bond donors (Lipinski definition) is 1. The van der Waals surface area contributed by atoms with Crippen molar-refractivity contribution in [3.63, 3.8) is 0 Å². The number of nitrogens with one attached hydrogen (secondary N) is 1. The number of benzene rings is 1. The summed E-state index contributed by atoms with van der Waals surface area (Å²) in [6.45, 7) is 2.14. The summed E-state index contributed by atoms with van der Waals surface area (Å²) < 4.78 is 37.3. The van der Waals surface area contributed by atoms with Crippen LogP contribution >= 0.6 is 0 Å². The maximum absolute atomic E-state index is 12.8. The molecule has 0 unspecified atom stereocenters. The lowest BCUT2D eigenvalue weighted by atomic mass is 10.1. The Labute approximate surface area is 136 Å². The second-order valence-corrected chi connectivity index (χ2v) is 7.59. The maximum Gasteiger partial charge on any atom is 0.317 e. The molecular weight excluding hydrogens is 321 g/mol. The molecule has 0 radical (unpaired) electrons. The third-order valence-corrected chi connectivity index (χ3v) is 5.12. The lowest BCUT2D eigenvalue weighted by molar-refractivity contribution is 0.200. The van der Waals surface area contributed by atoms with Crippen molar-refractivity contribution in [2.45, 2.75) is 12.8 Å². The van der Waals surface area contributed by atoms with E-state index in [4.69, 9.17) is 0 Å². The first-order chi connectivity index (χ1) is 10.9. The molecule has 1 aliphatic heterocycles. The predicted octanol–water partition coefficient (Wildman–Crippen LogP) is 1.05. The fourth-order valence-electron chi connectivity index (χ4n) is 2.51. The van der Waals surface area contributed by atoms with Crippen molar-refractivity contribution < 1.29 is 17.6 Å². The van der Waals surface area contributed by atoms with Gasteiger partial charge in [0.15, 0.2) is 0 Å². The summed E-state index contributed by atoms with van der Waals surface area (Å²) in [6.07, 6.45) is 2.43. The molecule has 2 rings (SSSR count). The second-order valence-electron chi connectivity index (χ2n) is 5.61. The zero-order valence-electron chi connectivity index (χ0n) is 13.2. The lowest BCUT2D eigenvalue weighted by Crippen LogP contribution is -2.43. The van der Waals surface area contributed by atoms with Gasteiger partial charge in [-0.1, -0.05) is 12.1 Å². The smallest absolute Gasteiger partial charge is 0.317 e. The standard InChI is InChI=1S/C15H22FN3O3S/c1-23(21,22)19-10-2-9-18(11-12-19)15(20)17-8-7-13-3-5-14(16)6-4-13/h3-6H,2,7-12H2,1H3,(H,17,20). The van der Waals surface area contributed by atoms with E-state index in [1.165, 1.54) is 22.7 Å². The topological polar surface area (TPSA) is 69.7 Å². The molecule has 0 spiro atoms. The van der Waals surface area contributed by atoms with Gasteiger partial charge in [0.05, 0.1) is 6.26 Å². The number of halogens is 1. The van der Waals surface area contributed by atoms with Crippen LogP contribution in [0.4, 0.5) is 9.18 Å². The van der Waals surface area contributed by atoms with Crippen molar-refractivity contribution in [1.82, 2.24) is 14.5 Å². The van der Waals surface area contributed by atoms with Gasteiger partial charge in [0.1, 0.15) is 5.82 Å². The number of urea groups is 1. The molecule has 6 nitrogen and oxygen atoms in total. The number of carbonyl (C=O) groups excluding carboxylic acids is 1. The fraction of sp³-hybridized carbons (Fsp3) is 0.533. The van der Waals surface area contributed by atoms with Gasteiger partial charge in [0.25, 0.3) is 0 Å². The number of sulfonamides is 1. The minimum absolute atomic E-state index is 0.192. The first-order valence-electron chi connectivity index (χ1n) is 7.58. The fourth-order valence-corrected chi connectivity index (χ4v) is 3.38. The largest absolute Gasteiger partial charge is 0.338 e. The molecule has 0 aromatic heterocycles. The Kier molecular flexibility index (Phi) is 5.95. The monoisotopic (exact) mass is 343 g/mol. The van der Waals surface area contributed by atoms with Crippen LogP contribution in [-0.2, 0) is 16.4 Å². The van der Waals surface area contributed by atoms with Gasteiger partial charge >= 0.3 is 6.03 Å². The minimum atomic E-state index is -3.21. The molecule has 2 amide bonds. The van der Waals surface area contributed by atoms with Crippen LogP contribution in [0.15, 0.2) is 24.3 Å². The number of nitrogens with zero attached hydrogens (tertiary/aromatic N) is 2. The summed E-state index contributed by atoms with van der Waals surface area (Å²) in [6, 6.07) is 5.98. The molecule has 1 heterocycles. The Bertz CT molecular complexity index is 634. The SMILES string of the molecule is CS(=O)(=O)N1CCCN(C(=O)NCCc2ccc(F)cc2)CC1. The molecule has 1 fully saturated rings. The highest BCUT2D eigenvalue weighted by atomic mass is 32.2. The van der Waals surface area contributed by atoms with Gasteiger partial charge in [0, 0.05) is 32.7 Å². The number of amides is 2. The Hall–Kier alpha value is -1.67. The van der Waals surface area contributed by atoms with Gasteiger partial charge in [0.2, 0.25) is 10.0 Å². The van der Waals surface area contributed by atoms with E-state index >= 15 is 0 Å². The average molecular weight is 343 g/mol. The van der Waals surface area contributed by atoms with Crippen molar-refractivity contribution in [3.8, 4) is 0 Å². The molecule has 1 N–H and O–H groups in total. The van der Waals surface area contributed by atoms with Crippen molar-refractivity contribution in [1.29, 1.82) is 0 Å². The molecule has 1 saturated heterocycles. The molecule has 8 heteroatoms. The molecule has 128 valence electrons. The lowest BCUT2D eigenvalue weighted by Gasteiger charge is -2.21. The summed E-state index contributed by atoms with van der Waals surface area (Å²) in [5.41, 5.74) is 0.950. The third kappa shape index (κ3) is 5.47. The minimum Gasteiger partial charge on any atom is -0.338 e. The summed E-state index contributed by atoms with van der Waals surface area (Å²) in [4.78, 5) is 13.8. The van der Waals surface area contributed by atoms with Crippen LogP contribution in [0.1, 0.15) is 12.0 Å². The van der Waals surface area contributed by atoms with Gasteiger partial charge in [-0.2, -0.15) is 0 Å². The van der Waals surface area contributed by atoms with Gasteiger partial charge in [-0.3, -0.25) is 0 Å². The Morgan fingerprint density at radius 2 is 1.87 bits per heavy atom. The highest BCUT2D eigenvalue weighted by molar-refractivity contribution is 7.88. The first kappa shape index (κ1) is 17.7. The average Bonchev–Trinajstić information content (AvgIpc) is 2.75. The van der Waals surface area contributed by atoms with Crippen molar-refractivity contribution in [2.75, 3.05) is 39.0 Å². The molecule has 1 aliphatic rings. The van der Waals surface area contributed by atoms with E-state index in [9.17, 15) is 17.6 Å². The molecule has 0 bridgehead atoms. The highest BCUT2D eigenvalue weighted by Crippen LogP contribution is 2.07. The Morgan fingerprint density at radius 1 is 1.17 bits per heavy atom. The quantitative estimate of drug-likeness (QED) is 0.888. The van der Waals surface area contributed by atoms with Crippen LogP contribution < -0.4 is 5.32 Å². The van der Waals surface area contributed by atoms with Gasteiger partial charge in [-0.05, 0) is 30.5 Å². The zero-order valence-corrected chi connectivity index (χ0v) is 14.0. The van der Waals surface area contributed by atoms with Crippen molar-refractivity contribution in [2.24, 2.45) is 0 Å². The van der Waals surface area contributed by atoms with Crippen LogP contribution in [0.3, 0.4) is 0 Å². The second kappa shape index (κ2) is 7.74. The Balaban J connectivity index is 1.78. The highest BCUT2D eigenvalue weighted by Gasteiger charge is 2.23. The van der Waals surface area contributed by atoms with E-state index in [0.29, 0.717) is 45.6 Å². The summed E-state index contributed by atoms with van der Waals surface area (Å²) in [7, 11) is -3.21.